The van der Waals surface area contributed by atoms with Crippen molar-refractivity contribution in [2.24, 2.45) is 5.73 Å². The van der Waals surface area contributed by atoms with Crippen molar-refractivity contribution in [3.8, 4) is 5.75 Å². The van der Waals surface area contributed by atoms with E-state index < -0.39 is 0 Å². The molecule has 1 aliphatic carbocycles. The van der Waals surface area contributed by atoms with Gasteiger partial charge < -0.3 is 10.5 Å². The molecule has 2 nitrogen and oxygen atoms in total. The summed E-state index contributed by atoms with van der Waals surface area (Å²) in [7, 11) is 0. The SMILES string of the molecule is CSCCC(N)c1cccc(OC2CC2)c1. The summed E-state index contributed by atoms with van der Waals surface area (Å²) in [5.41, 5.74) is 7.31. The predicted octanol–water partition coefficient (Wildman–Crippen LogP) is 2.98. The van der Waals surface area contributed by atoms with Crippen LogP contribution < -0.4 is 10.5 Å². The third-order valence-corrected chi connectivity index (χ3v) is 3.39. The van der Waals surface area contributed by atoms with E-state index in [9.17, 15) is 0 Å². The van der Waals surface area contributed by atoms with Crippen LogP contribution in [0.5, 0.6) is 5.75 Å². The first-order chi connectivity index (χ1) is 7.79. The summed E-state index contributed by atoms with van der Waals surface area (Å²) < 4.78 is 5.76. The average molecular weight is 237 g/mol. The molecule has 0 spiro atoms. The maximum absolute atomic E-state index is 6.13. The molecule has 2 N–H and O–H groups in total. The van der Waals surface area contributed by atoms with Crippen molar-refractivity contribution in [1.29, 1.82) is 0 Å². The molecule has 1 aromatic rings. The molecule has 1 atom stereocenters. The molecule has 1 aromatic carbocycles. The van der Waals surface area contributed by atoms with Gasteiger partial charge in [-0.05, 0) is 49.0 Å². The number of rotatable bonds is 6. The van der Waals surface area contributed by atoms with E-state index in [1.165, 1.54) is 18.4 Å². The molecule has 1 fully saturated rings. The Morgan fingerprint density at radius 3 is 3.00 bits per heavy atom. The second-order valence-electron chi connectivity index (χ2n) is 4.28. The van der Waals surface area contributed by atoms with Gasteiger partial charge in [-0.1, -0.05) is 12.1 Å². The molecule has 0 bridgehead atoms. The first-order valence-electron chi connectivity index (χ1n) is 5.80. The van der Waals surface area contributed by atoms with Gasteiger partial charge in [0.2, 0.25) is 0 Å². The van der Waals surface area contributed by atoms with E-state index in [1.54, 1.807) is 0 Å². The fourth-order valence-electron chi connectivity index (χ4n) is 1.61. The lowest BCUT2D eigenvalue weighted by Crippen LogP contribution is -2.11. The average Bonchev–Trinajstić information content (AvgIpc) is 3.10. The normalized spacial score (nSPS) is 17.1. The summed E-state index contributed by atoms with van der Waals surface area (Å²) in [5, 5.41) is 0. The summed E-state index contributed by atoms with van der Waals surface area (Å²) in [6.07, 6.45) is 5.98. The highest BCUT2D eigenvalue weighted by Gasteiger charge is 2.23. The zero-order valence-electron chi connectivity index (χ0n) is 9.69. The molecule has 1 saturated carbocycles. The minimum absolute atomic E-state index is 0.134. The molecule has 16 heavy (non-hydrogen) atoms. The molecule has 0 amide bonds. The van der Waals surface area contributed by atoms with Crippen molar-refractivity contribution in [2.45, 2.75) is 31.4 Å². The minimum atomic E-state index is 0.134. The van der Waals surface area contributed by atoms with E-state index in [-0.39, 0.29) is 6.04 Å². The first kappa shape index (κ1) is 11.8. The number of hydrogen-bond acceptors (Lipinski definition) is 3. The molecule has 0 radical (unpaired) electrons. The van der Waals surface area contributed by atoms with Crippen LogP contribution in [0.25, 0.3) is 0 Å². The molecular weight excluding hydrogens is 218 g/mol. The molecule has 0 aromatic heterocycles. The Balaban J connectivity index is 1.96. The summed E-state index contributed by atoms with van der Waals surface area (Å²) in [5.74, 6) is 2.08. The van der Waals surface area contributed by atoms with Gasteiger partial charge >= 0.3 is 0 Å². The highest BCUT2D eigenvalue weighted by molar-refractivity contribution is 7.98. The third-order valence-electron chi connectivity index (χ3n) is 2.75. The van der Waals surface area contributed by atoms with Crippen molar-refractivity contribution in [2.75, 3.05) is 12.0 Å². The van der Waals surface area contributed by atoms with Crippen molar-refractivity contribution in [1.82, 2.24) is 0 Å². The monoisotopic (exact) mass is 237 g/mol. The van der Waals surface area contributed by atoms with Crippen molar-refractivity contribution >= 4 is 11.8 Å². The molecule has 0 aliphatic heterocycles. The lowest BCUT2D eigenvalue weighted by Gasteiger charge is -2.13. The zero-order valence-corrected chi connectivity index (χ0v) is 10.5. The first-order valence-corrected chi connectivity index (χ1v) is 7.20. The van der Waals surface area contributed by atoms with E-state index in [0.29, 0.717) is 6.10 Å². The van der Waals surface area contributed by atoms with Gasteiger partial charge in [-0.15, -0.1) is 0 Å². The van der Waals surface area contributed by atoms with Gasteiger partial charge in [0.15, 0.2) is 0 Å². The molecule has 3 heteroatoms. The van der Waals surface area contributed by atoms with Crippen LogP contribution in [0.1, 0.15) is 30.9 Å². The Labute approximate surface area is 102 Å². The standard InChI is InChI=1S/C13H19NOS/c1-16-8-7-13(14)10-3-2-4-12(9-10)15-11-5-6-11/h2-4,9,11,13H,5-8,14H2,1H3. The van der Waals surface area contributed by atoms with E-state index in [2.05, 4.69) is 18.4 Å². The molecule has 88 valence electrons. The van der Waals surface area contributed by atoms with Gasteiger partial charge in [-0.3, -0.25) is 0 Å². The van der Waals surface area contributed by atoms with Crippen molar-refractivity contribution in [3.63, 3.8) is 0 Å². The van der Waals surface area contributed by atoms with E-state index in [4.69, 9.17) is 10.5 Å². The quantitative estimate of drug-likeness (QED) is 0.826. The van der Waals surface area contributed by atoms with Crippen LogP contribution in [-0.4, -0.2) is 18.1 Å². The third kappa shape index (κ3) is 3.42. The topological polar surface area (TPSA) is 35.2 Å². The second-order valence-corrected chi connectivity index (χ2v) is 5.26. The van der Waals surface area contributed by atoms with Crippen LogP contribution in [0.3, 0.4) is 0 Å². The molecular formula is C13H19NOS. The van der Waals surface area contributed by atoms with Gasteiger partial charge in [0, 0.05) is 6.04 Å². The Bertz CT molecular complexity index is 338. The molecule has 0 heterocycles. The number of benzene rings is 1. The number of ether oxygens (including phenoxy) is 1. The van der Waals surface area contributed by atoms with E-state index in [0.717, 1.165) is 17.9 Å². The lowest BCUT2D eigenvalue weighted by molar-refractivity contribution is 0.302. The van der Waals surface area contributed by atoms with E-state index >= 15 is 0 Å². The molecule has 0 saturated heterocycles. The highest BCUT2D eigenvalue weighted by Crippen LogP contribution is 2.28. The van der Waals surface area contributed by atoms with Crippen molar-refractivity contribution in [3.05, 3.63) is 29.8 Å². The predicted molar refractivity (Wildman–Crippen MR) is 70.0 cm³/mol. The van der Waals surface area contributed by atoms with Gasteiger partial charge in [-0.2, -0.15) is 11.8 Å². The summed E-state index contributed by atoms with van der Waals surface area (Å²) >= 11 is 1.84. The second kappa shape index (κ2) is 5.60. The zero-order chi connectivity index (χ0) is 11.4. The number of hydrogen-bond donors (Lipinski definition) is 1. The fraction of sp³-hybridized carbons (Fsp3) is 0.538. The Morgan fingerprint density at radius 2 is 2.31 bits per heavy atom. The molecule has 1 unspecified atom stereocenters. The smallest absolute Gasteiger partial charge is 0.120 e. The Kier molecular flexibility index (Phi) is 4.13. The van der Waals surface area contributed by atoms with Gasteiger partial charge in [0.1, 0.15) is 5.75 Å². The largest absolute Gasteiger partial charge is 0.490 e. The highest BCUT2D eigenvalue weighted by atomic mass is 32.2. The minimum Gasteiger partial charge on any atom is -0.490 e. The molecule has 1 aliphatic rings. The number of nitrogens with two attached hydrogens (primary N) is 1. The maximum atomic E-state index is 6.13. The molecule has 2 rings (SSSR count). The fourth-order valence-corrected chi connectivity index (χ4v) is 2.10. The summed E-state index contributed by atoms with van der Waals surface area (Å²) in [6, 6.07) is 8.36. The van der Waals surface area contributed by atoms with Crippen LogP contribution >= 0.6 is 11.8 Å². The lowest BCUT2D eigenvalue weighted by atomic mass is 10.1. The Morgan fingerprint density at radius 1 is 1.50 bits per heavy atom. The van der Waals surface area contributed by atoms with Gasteiger partial charge in [-0.25, -0.2) is 0 Å². The maximum Gasteiger partial charge on any atom is 0.120 e. The Hall–Kier alpha value is -0.670. The van der Waals surface area contributed by atoms with Gasteiger partial charge in [0.05, 0.1) is 6.10 Å². The van der Waals surface area contributed by atoms with Crippen LogP contribution in [0.2, 0.25) is 0 Å². The summed E-state index contributed by atoms with van der Waals surface area (Å²) in [4.78, 5) is 0. The van der Waals surface area contributed by atoms with Crippen molar-refractivity contribution < 1.29 is 4.74 Å². The summed E-state index contributed by atoms with van der Waals surface area (Å²) in [6.45, 7) is 0. The van der Waals surface area contributed by atoms with Crippen LogP contribution in [0.4, 0.5) is 0 Å². The number of thioether (sulfide) groups is 1. The van der Waals surface area contributed by atoms with Gasteiger partial charge in [0.25, 0.3) is 0 Å². The van der Waals surface area contributed by atoms with E-state index in [1.807, 2.05) is 23.9 Å². The van der Waals surface area contributed by atoms with Crippen LogP contribution in [0, 0.1) is 0 Å². The van der Waals surface area contributed by atoms with Crippen LogP contribution in [0.15, 0.2) is 24.3 Å². The van der Waals surface area contributed by atoms with Crippen LogP contribution in [-0.2, 0) is 0 Å².